The first-order chi connectivity index (χ1) is 8.51. The van der Waals surface area contributed by atoms with Gasteiger partial charge in [-0.15, -0.1) is 0 Å². The fraction of sp³-hybridized carbons (Fsp3) is 0.846. The lowest BCUT2D eigenvalue weighted by atomic mass is 10.1. The van der Waals surface area contributed by atoms with Crippen LogP contribution < -0.4 is 0 Å². The highest BCUT2D eigenvalue weighted by atomic mass is 16.5. The molecule has 5 nitrogen and oxygen atoms in total. The van der Waals surface area contributed by atoms with E-state index in [9.17, 15) is 9.59 Å². The number of nitrogens with zero attached hydrogens (tertiary/aromatic N) is 2. The molecule has 0 saturated heterocycles. The maximum absolute atomic E-state index is 11.9. The van der Waals surface area contributed by atoms with Gasteiger partial charge in [-0.1, -0.05) is 6.92 Å². The minimum absolute atomic E-state index is 0.0259. The lowest BCUT2D eigenvalue weighted by Crippen LogP contribution is -2.48. The fourth-order valence-electron chi connectivity index (χ4n) is 2.09. The Kier molecular flexibility index (Phi) is 5.59. The zero-order chi connectivity index (χ0) is 13.7. The normalized spacial score (nSPS) is 16.5. The second-order valence-corrected chi connectivity index (χ2v) is 5.06. The second-order valence-electron chi connectivity index (χ2n) is 5.06. The molecule has 0 aromatic heterocycles. The van der Waals surface area contributed by atoms with Gasteiger partial charge >= 0.3 is 5.97 Å². The Morgan fingerprint density at radius 2 is 1.94 bits per heavy atom. The van der Waals surface area contributed by atoms with E-state index in [0.717, 1.165) is 25.8 Å². The van der Waals surface area contributed by atoms with Crippen LogP contribution in [-0.4, -0.2) is 62.0 Å². The Morgan fingerprint density at radius 3 is 2.33 bits per heavy atom. The third-order valence-corrected chi connectivity index (χ3v) is 3.25. The summed E-state index contributed by atoms with van der Waals surface area (Å²) in [6.45, 7) is 3.08. The molecule has 1 aliphatic rings. The molecule has 18 heavy (non-hydrogen) atoms. The van der Waals surface area contributed by atoms with Crippen molar-refractivity contribution in [2.24, 2.45) is 5.92 Å². The average molecular weight is 256 g/mol. The molecular weight excluding hydrogens is 232 g/mol. The van der Waals surface area contributed by atoms with Crippen molar-refractivity contribution < 1.29 is 14.3 Å². The molecule has 0 aromatic rings. The van der Waals surface area contributed by atoms with E-state index in [4.69, 9.17) is 4.74 Å². The summed E-state index contributed by atoms with van der Waals surface area (Å²) in [6.07, 6.45) is 3.02. The largest absolute Gasteiger partial charge is 0.468 e. The quantitative estimate of drug-likeness (QED) is 0.630. The van der Waals surface area contributed by atoms with Gasteiger partial charge in [-0.05, 0) is 31.7 Å². The molecule has 0 aliphatic heterocycles. The van der Waals surface area contributed by atoms with E-state index < -0.39 is 0 Å². The van der Waals surface area contributed by atoms with E-state index in [1.54, 1.807) is 19.0 Å². The molecule has 0 radical (unpaired) electrons. The summed E-state index contributed by atoms with van der Waals surface area (Å²) in [5.41, 5.74) is 0. The second kappa shape index (κ2) is 6.73. The number of hydrogen-bond acceptors (Lipinski definition) is 4. The Morgan fingerprint density at radius 1 is 1.33 bits per heavy atom. The number of likely N-dealkylation sites (N-methyl/N-ethyl adjacent to an activating group) is 1. The van der Waals surface area contributed by atoms with Crippen LogP contribution in [0.4, 0.5) is 0 Å². The van der Waals surface area contributed by atoms with Crippen LogP contribution >= 0.6 is 0 Å². The van der Waals surface area contributed by atoms with Gasteiger partial charge in [0.1, 0.15) is 6.04 Å². The third kappa shape index (κ3) is 3.98. The minimum atomic E-state index is -0.251. The molecule has 1 amide bonds. The van der Waals surface area contributed by atoms with Crippen LogP contribution in [-0.2, 0) is 14.3 Å². The van der Waals surface area contributed by atoms with E-state index in [0.29, 0.717) is 5.92 Å². The van der Waals surface area contributed by atoms with Gasteiger partial charge in [0, 0.05) is 14.1 Å². The van der Waals surface area contributed by atoms with Crippen molar-refractivity contribution in [3.8, 4) is 0 Å². The van der Waals surface area contributed by atoms with E-state index >= 15 is 0 Å². The molecule has 0 heterocycles. The van der Waals surface area contributed by atoms with E-state index in [1.165, 1.54) is 7.11 Å². The summed E-state index contributed by atoms with van der Waals surface area (Å²) in [4.78, 5) is 27.2. The standard InChI is InChI=1S/C13H24N2O3/c1-5-8-15(9-11(16)14(2)3)12(10-6-7-10)13(17)18-4/h10,12H,5-9H2,1-4H3. The zero-order valence-corrected chi connectivity index (χ0v) is 11.8. The number of methoxy groups -OCH3 is 1. The first-order valence-electron chi connectivity index (χ1n) is 6.53. The van der Waals surface area contributed by atoms with Crippen LogP contribution in [0.25, 0.3) is 0 Å². The number of ether oxygens (including phenoxy) is 1. The molecule has 1 rings (SSSR count). The van der Waals surface area contributed by atoms with Gasteiger partial charge in [0.05, 0.1) is 13.7 Å². The first kappa shape index (κ1) is 15.0. The molecule has 1 saturated carbocycles. The fourth-order valence-corrected chi connectivity index (χ4v) is 2.09. The Bertz CT molecular complexity index is 301. The van der Waals surface area contributed by atoms with Gasteiger partial charge in [-0.3, -0.25) is 14.5 Å². The molecule has 1 unspecified atom stereocenters. The monoisotopic (exact) mass is 256 g/mol. The summed E-state index contributed by atoms with van der Waals surface area (Å²) in [7, 11) is 4.88. The third-order valence-electron chi connectivity index (χ3n) is 3.25. The zero-order valence-electron chi connectivity index (χ0n) is 11.8. The summed E-state index contributed by atoms with van der Waals surface area (Å²) in [6, 6.07) is -0.251. The molecular formula is C13H24N2O3. The Hall–Kier alpha value is -1.10. The van der Waals surface area contributed by atoms with Gasteiger partial charge in [0.25, 0.3) is 0 Å². The highest BCUT2D eigenvalue weighted by Crippen LogP contribution is 2.36. The number of amides is 1. The Balaban J connectivity index is 2.73. The van der Waals surface area contributed by atoms with Gasteiger partial charge in [0.2, 0.25) is 5.91 Å². The van der Waals surface area contributed by atoms with Crippen molar-refractivity contribution in [3.05, 3.63) is 0 Å². The number of carbonyl (C=O) groups is 2. The Labute approximate surface area is 109 Å². The van der Waals surface area contributed by atoms with Crippen molar-refractivity contribution >= 4 is 11.9 Å². The van der Waals surface area contributed by atoms with E-state index in [1.807, 2.05) is 11.8 Å². The lowest BCUT2D eigenvalue weighted by molar-refractivity contribution is -0.149. The lowest BCUT2D eigenvalue weighted by Gasteiger charge is -2.29. The highest BCUT2D eigenvalue weighted by molar-refractivity contribution is 5.80. The average Bonchev–Trinajstić information content (AvgIpc) is 3.13. The van der Waals surface area contributed by atoms with Crippen LogP contribution in [0.2, 0.25) is 0 Å². The SMILES string of the molecule is CCCN(CC(=O)N(C)C)C(C(=O)OC)C1CC1. The van der Waals surface area contributed by atoms with E-state index in [2.05, 4.69) is 0 Å². The van der Waals surface area contributed by atoms with Gasteiger partial charge < -0.3 is 9.64 Å². The van der Waals surface area contributed by atoms with Crippen LogP contribution in [0.1, 0.15) is 26.2 Å². The van der Waals surface area contributed by atoms with Crippen LogP contribution in [0.3, 0.4) is 0 Å². The number of hydrogen-bond donors (Lipinski definition) is 0. The van der Waals surface area contributed by atoms with Crippen molar-refractivity contribution in [1.82, 2.24) is 9.80 Å². The molecule has 1 fully saturated rings. The number of esters is 1. The molecule has 1 aliphatic carbocycles. The molecule has 5 heteroatoms. The summed E-state index contributed by atoms with van der Waals surface area (Å²) >= 11 is 0. The molecule has 0 N–H and O–H groups in total. The van der Waals surface area contributed by atoms with Crippen molar-refractivity contribution in [2.75, 3.05) is 34.3 Å². The van der Waals surface area contributed by atoms with Gasteiger partial charge in [0.15, 0.2) is 0 Å². The maximum Gasteiger partial charge on any atom is 0.323 e. The smallest absolute Gasteiger partial charge is 0.323 e. The van der Waals surface area contributed by atoms with E-state index in [-0.39, 0.29) is 24.5 Å². The predicted octanol–water partition coefficient (Wildman–Crippen LogP) is 0.738. The van der Waals surface area contributed by atoms with Gasteiger partial charge in [-0.2, -0.15) is 0 Å². The molecule has 0 aromatic carbocycles. The van der Waals surface area contributed by atoms with Crippen LogP contribution in [0.5, 0.6) is 0 Å². The predicted molar refractivity (Wildman–Crippen MR) is 69.1 cm³/mol. The van der Waals surface area contributed by atoms with Gasteiger partial charge in [-0.25, -0.2) is 0 Å². The topological polar surface area (TPSA) is 49.9 Å². The highest BCUT2D eigenvalue weighted by Gasteiger charge is 2.41. The summed E-state index contributed by atoms with van der Waals surface area (Å²) < 4.78 is 4.88. The first-order valence-corrected chi connectivity index (χ1v) is 6.53. The molecule has 0 bridgehead atoms. The summed E-state index contributed by atoms with van der Waals surface area (Å²) in [5.74, 6) is 0.175. The summed E-state index contributed by atoms with van der Waals surface area (Å²) in [5, 5.41) is 0. The molecule has 1 atom stereocenters. The van der Waals surface area contributed by atoms with Crippen molar-refractivity contribution in [2.45, 2.75) is 32.2 Å². The van der Waals surface area contributed by atoms with Crippen molar-refractivity contribution in [3.63, 3.8) is 0 Å². The van der Waals surface area contributed by atoms with Crippen LogP contribution in [0, 0.1) is 5.92 Å². The number of carbonyl (C=O) groups excluding carboxylic acids is 2. The van der Waals surface area contributed by atoms with Crippen molar-refractivity contribution in [1.29, 1.82) is 0 Å². The minimum Gasteiger partial charge on any atom is -0.468 e. The van der Waals surface area contributed by atoms with Crippen LogP contribution in [0.15, 0.2) is 0 Å². The maximum atomic E-state index is 11.9. The molecule has 0 spiro atoms. The molecule has 104 valence electrons. The number of rotatable bonds is 7.